The van der Waals surface area contributed by atoms with Crippen LogP contribution >= 0.6 is 0 Å². The Hall–Kier alpha value is -1.91. The van der Waals surface area contributed by atoms with Crippen molar-refractivity contribution in [2.45, 2.75) is 31.0 Å². The van der Waals surface area contributed by atoms with Crippen molar-refractivity contribution >= 4 is 10.0 Å². The number of nitrogens with one attached hydrogen (secondary N) is 1. The van der Waals surface area contributed by atoms with Crippen molar-refractivity contribution in [1.29, 1.82) is 0 Å². The number of nitrogens with zero attached hydrogens (tertiary/aromatic N) is 2. The van der Waals surface area contributed by atoms with Crippen LogP contribution in [0.4, 0.5) is 13.2 Å². The Balaban J connectivity index is 2.12. The molecule has 0 aliphatic carbocycles. The van der Waals surface area contributed by atoms with Gasteiger partial charge in [-0.3, -0.25) is 4.68 Å². The smallest absolute Gasteiger partial charge is 0.387 e. The van der Waals surface area contributed by atoms with E-state index in [1.807, 2.05) is 0 Å². The predicted octanol–water partition coefficient (Wildman–Crippen LogP) is 2.07. The standard InChI is InChI=1S/C15H18F3N3O3S/c1-9-14(10(2)21(3)20-9)25(23,24)19-8-13(22)11-4-6-12(7-5-11)15(16,17)18/h4-7,13,19,22H,8H2,1-3H3/t13-/m0/s1. The summed E-state index contributed by atoms with van der Waals surface area (Å²) in [7, 11) is -2.30. The van der Waals surface area contributed by atoms with Crippen LogP contribution < -0.4 is 4.72 Å². The van der Waals surface area contributed by atoms with Gasteiger partial charge < -0.3 is 5.11 Å². The summed E-state index contributed by atoms with van der Waals surface area (Å²) < 4.78 is 66.0. The zero-order valence-corrected chi connectivity index (χ0v) is 14.6. The second-order valence-corrected chi connectivity index (χ2v) is 7.31. The van der Waals surface area contributed by atoms with Crippen molar-refractivity contribution in [2.75, 3.05) is 6.54 Å². The Morgan fingerprint density at radius 1 is 1.24 bits per heavy atom. The van der Waals surface area contributed by atoms with Gasteiger partial charge in [-0.25, -0.2) is 13.1 Å². The molecule has 0 unspecified atom stereocenters. The zero-order valence-electron chi connectivity index (χ0n) is 13.8. The third-order valence-corrected chi connectivity index (χ3v) is 5.48. The third kappa shape index (κ3) is 4.20. The van der Waals surface area contributed by atoms with Crippen molar-refractivity contribution in [3.63, 3.8) is 0 Å². The number of aliphatic hydroxyl groups is 1. The average Bonchev–Trinajstić information content (AvgIpc) is 2.77. The Bertz CT molecular complexity index is 859. The predicted molar refractivity (Wildman–Crippen MR) is 84.3 cm³/mol. The molecule has 1 aromatic heterocycles. The largest absolute Gasteiger partial charge is 0.416 e. The van der Waals surface area contributed by atoms with Crippen molar-refractivity contribution in [1.82, 2.24) is 14.5 Å². The summed E-state index contributed by atoms with van der Waals surface area (Å²) in [6.45, 7) is 2.77. The molecule has 2 rings (SSSR count). The van der Waals surface area contributed by atoms with E-state index in [0.717, 1.165) is 24.3 Å². The molecule has 0 fully saturated rings. The fourth-order valence-corrected chi connectivity index (χ4v) is 3.89. The lowest BCUT2D eigenvalue weighted by atomic mass is 10.1. The van der Waals surface area contributed by atoms with Gasteiger partial charge in [0.1, 0.15) is 4.90 Å². The highest BCUT2D eigenvalue weighted by molar-refractivity contribution is 7.89. The Labute approximate surface area is 143 Å². The first-order chi connectivity index (χ1) is 11.4. The summed E-state index contributed by atoms with van der Waals surface area (Å²) in [6, 6.07) is 3.90. The van der Waals surface area contributed by atoms with Crippen LogP contribution in [0, 0.1) is 13.8 Å². The number of aryl methyl sites for hydroxylation is 2. The summed E-state index contributed by atoms with van der Waals surface area (Å²) in [5, 5.41) is 14.1. The van der Waals surface area contributed by atoms with E-state index in [0.29, 0.717) is 11.4 Å². The minimum absolute atomic E-state index is 0.0228. The first-order valence-electron chi connectivity index (χ1n) is 7.28. The second-order valence-electron chi connectivity index (χ2n) is 5.61. The molecule has 1 atom stereocenters. The molecule has 0 saturated carbocycles. The van der Waals surface area contributed by atoms with Gasteiger partial charge in [-0.2, -0.15) is 18.3 Å². The maximum atomic E-state index is 12.5. The maximum absolute atomic E-state index is 12.5. The summed E-state index contributed by atoms with van der Waals surface area (Å²) in [5.74, 6) is 0. The molecule has 0 spiro atoms. The highest BCUT2D eigenvalue weighted by Crippen LogP contribution is 2.30. The van der Waals surface area contributed by atoms with Crippen LogP contribution in [0.5, 0.6) is 0 Å². The highest BCUT2D eigenvalue weighted by Gasteiger charge is 2.30. The van der Waals surface area contributed by atoms with Gasteiger partial charge in [-0.15, -0.1) is 0 Å². The van der Waals surface area contributed by atoms with Gasteiger partial charge in [-0.05, 0) is 31.5 Å². The number of benzene rings is 1. The fraction of sp³-hybridized carbons (Fsp3) is 0.400. The van der Waals surface area contributed by atoms with Crippen molar-refractivity contribution in [3.8, 4) is 0 Å². The molecular weight excluding hydrogens is 359 g/mol. The van der Waals surface area contributed by atoms with Crippen molar-refractivity contribution < 1.29 is 26.7 Å². The number of halogens is 3. The topological polar surface area (TPSA) is 84.2 Å². The molecular formula is C15H18F3N3O3S. The summed E-state index contributed by atoms with van der Waals surface area (Å²) in [4.78, 5) is 0.0228. The van der Waals surface area contributed by atoms with E-state index < -0.39 is 27.9 Å². The number of aromatic nitrogens is 2. The van der Waals surface area contributed by atoms with Crippen LogP contribution in [-0.4, -0.2) is 29.8 Å². The Morgan fingerprint density at radius 3 is 2.24 bits per heavy atom. The normalized spacial score (nSPS) is 13.9. The quantitative estimate of drug-likeness (QED) is 0.836. The molecule has 1 heterocycles. The second kappa shape index (κ2) is 6.77. The van der Waals surface area contributed by atoms with Crippen molar-refractivity contribution in [3.05, 3.63) is 46.8 Å². The van der Waals surface area contributed by atoms with Crippen LogP contribution in [0.25, 0.3) is 0 Å². The lowest BCUT2D eigenvalue weighted by Crippen LogP contribution is -2.29. The molecule has 10 heteroatoms. The highest BCUT2D eigenvalue weighted by atomic mass is 32.2. The van der Waals surface area contributed by atoms with Crippen LogP contribution in [0.2, 0.25) is 0 Å². The molecule has 0 saturated heterocycles. The van der Waals surface area contributed by atoms with Crippen molar-refractivity contribution in [2.24, 2.45) is 7.05 Å². The lowest BCUT2D eigenvalue weighted by Gasteiger charge is -2.14. The molecule has 138 valence electrons. The SMILES string of the molecule is Cc1nn(C)c(C)c1S(=O)(=O)NC[C@H](O)c1ccc(C(F)(F)F)cc1. The number of rotatable bonds is 5. The fourth-order valence-electron chi connectivity index (χ4n) is 2.42. The molecule has 1 aromatic carbocycles. The average molecular weight is 377 g/mol. The van der Waals surface area contributed by atoms with Gasteiger partial charge in [-0.1, -0.05) is 12.1 Å². The maximum Gasteiger partial charge on any atom is 0.416 e. The van der Waals surface area contributed by atoms with Crippen LogP contribution in [0.15, 0.2) is 29.2 Å². The number of sulfonamides is 1. The Kier molecular flexibility index (Phi) is 5.26. The number of hydrogen-bond donors (Lipinski definition) is 2. The van der Waals surface area contributed by atoms with Gasteiger partial charge in [0, 0.05) is 13.6 Å². The molecule has 0 aliphatic rings. The molecule has 0 bridgehead atoms. The molecule has 2 aromatic rings. The molecule has 0 aliphatic heterocycles. The summed E-state index contributed by atoms with van der Waals surface area (Å²) >= 11 is 0. The lowest BCUT2D eigenvalue weighted by molar-refractivity contribution is -0.137. The van der Waals surface area contributed by atoms with E-state index in [4.69, 9.17) is 0 Å². The Morgan fingerprint density at radius 2 is 1.80 bits per heavy atom. The van der Waals surface area contributed by atoms with E-state index in [1.165, 1.54) is 4.68 Å². The third-order valence-electron chi connectivity index (χ3n) is 3.80. The first-order valence-corrected chi connectivity index (χ1v) is 8.77. The molecule has 0 amide bonds. The van der Waals surface area contributed by atoms with E-state index in [2.05, 4.69) is 9.82 Å². The zero-order chi connectivity index (χ0) is 19.0. The number of aliphatic hydroxyl groups excluding tert-OH is 1. The molecule has 0 radical (unpaired) electrons. The minimum Gasteiger partial charge on any atom is -0.387 e. The van der Waals surface area contributed by atoms with E-state index >= 15 is 0 Å². The molecule has 25 heavy (non-hydrogen) atoms. The summed E-state index contributed by atoms with van der Waals surface area (Å²) in [5.41, 5.74) is 0.0894. The monoisotopic (exact) mass is 377 g/mol. The number of hydrogen-bond acceptors (Lipinski definition) is 4. The van der Waals surface area contributed by atoms with E-state index in [9.17, 15) is 26.7 Å². The van der Waals surface area contributed by atoms with Gasteiger partial charge in [0.2, 0.25) is 10.0 Å². The molecule has 6 nitrogen and oxygen atoms in total. The van der Waals surface area contributed by atoms with Gasteiger partial charge in [0.05, 0.1) is 23.1 Å². The summed E-state index contributed by atoms with van der Waals surface area (Å²) in [6.07, 6.45) is -5.75. The van der Waals surface area contributed by atoms with Gasteiger partial charge in [0.15, 0.2) is 0 Å². The van der Waals surface area contributed by atoms with Crippen LogP contribution in [-0.2, 0) is 23.2 Å². The molecule has 2 N–H and O–H groups in total. The van der Waals surface area contributed by atoms with Crippen LogP contribution in [0.1, 0.15) is 28.6 Å². The van der Waals surface area contributed by atoms with Gasteiger partial charge >= 0.3 is 6.18 Å². The number of alkyl halides is 3. The van der Waals surface area contributed by atoms with E-state index in [1.54, 1.807) is 20.9 Å². The van der Waals surface area contributed by atoms with E-state index in [-0.39, 0.29) is 17.0 Å². The first kappa shape index (κ1) is 19.4. The minimum atomic E-state index is -4.47. The van der Waals surface area contributed by atoms with Gasteiger partial charge in [0.25, 0.3) is 0 Å². The van der Waals surface area contributed by atoms with Crippen LogP contribution in [0.3, 0.4) is 0 Å².